The first-order valence-corrected chi connectivity index (χ1v) is 10.5. The molecule has 1 aliphatic rings. The fourth-order valence-corrected chi connectivity index (χ4v) is 3.86. The lowest BCUT2D eigenvalue weighted by atomic mass is 10.1. The Morgan fingerprint density at radius 2 is 1.61 bits per heavy atom. The molecule has 0 aliphatic carbocycles. The summed E-state index contributed by atoms with van der Waals surface area (Å²) in [4.78, 5) is 4.67. The summed E-state index contributed by atoms with van der Waals surface area (Å²) >= 11 is 0. The number of benzene rings is 2. The average Bonchev–Trinajstić information content (AvgIpc) is 2.96. The van der Waals surface area contributed by atoms with Gasteiger partial charge in [-0.25, -0.2) is 0 Å². The maximum Gasteiger partial charge on any atom is 0.119 e. The minimum atomic E-state index is -0.442. The molecular weight excluding hydrogens is 348 g/mol. The van der Waals surface area contributed by atoms with Crippen molar-refractivity contribution < 1.29 is 9.84 Å². The molecule has 0 bridgehead atoms. The van der Waals surface area contributed by atoms with Crippen LogP contribution in [0.15, 0.2) is 54.6 Å². The molecule has 0 spiro atoms. The van der Waals surface area contributed by atoms with Crippen LogP contribution in [0, 0.1) is 0 Å². The molecule has 28 heavy (non-hydrogen) atoms. The number of likely N-dealkylation sites (tertiary alicyclic amines) is 1. The summed E-state index contributed by atoms with van der Waals surface area (Å²) in [5, 5.41) is 10.4. The monoisotopic (exact) mass is 382 g/mol. The fourth-order valence-electron chi connectivity index (χ4n) is 3.86. The van der Waals surface area contributed by atoms with Crippen LogP contribution in [0.1, 0.15) is 36.8 Å². The number of aliphatic hydroxyl groups excluding tert-OH is 1. The molecule has 0 unspecified atom stereocenters. The topological polar surface area (TPSA) is 35.9 Å². The fraction of sp³-hybridized carbons (Fsp3) is 0.500. The zero-order chi connectivity index (χ0) is 19.6. The third kappa shape index (κ3) is 7.27. The summed E-state index contributed by atoms with van der Waals surface area (Å²) < 4.78 is 5.89. The van der Waals surface area contributed by atoms with E-state index in [1.165, 1.54) is 36.8 Å². The Balaban J connectivity index is 1.44. The standard InChI is InChI=1S/C24H34N2O2/c1-25(17-21-10-5-4-6-11-21)18-22-12-9-13-24(16-22)28-20-23(27)19-26-14-7-2-3-8-15-26/h4-6,9-13,16,23,27H,2-3,7-8,14-15,17-20H2,1H3/t23-/m0/s1. The lowest BCUT2D eigenvalue weighted by Gasteiger charge is -2.23. The Bertz CT molecular complexity index is 684. The molecule has 152 valence electrons. The first-order chi connectivity index (χ1) is 13.7. The average molecular weight is 383 g/mol. The van der Waals surface area contributed by atoms with E-state index in [-0.39, 0.29) is 0 Å². The van der Waals surface area contributed by atoms with Crippen molar-refractivity contribution in [3.63, 3.8) is 0 Å². The number of rotatable bonds is 9. The molecule has 1 heterocycles. The van der Waals surface area contributed by atoms with Crippen molar-refractivity contribution >= 4 is 0 Å². The van der Waals surface area contributed by atoms with E-state index in [9.17, 15) is 5.11 Å². The zero-order valence-electron chi connectivity index (χ0n) is 17.1. The van der Waals surface area contributed by atoms with Gasteiger partial charge in [0.25, 0.3) is 0 Å². The van der Waals surface area contributed by atoms with Gasteiger partial charge in [0, 0.05) is 19.6 Å². The molecule has 0 radical (unpaired) electrons. The second-order valence-corrected chi connectivity index (χ2v) is 7.98. The summed E-state index contributed by atoms with van der Waals surface area (Å²) in [5.41, 5.74) is 2.53. The normalized spacial score (nSPS) is 16.7. The first kappa shape index (κ1) is 20.8. The van der Waals surface area contributed by atoms with Gasteiger partial charge in [0.1, 0.15) is 18.5 Å². The predicted molar refractivity (Wildman–Crippen MR) is 114 cm³/mol. The van der Waals surface area contributed by atoms with Crippen molar-refractivity contribution in [3.05, 3.63) is 65.7 Å². The van der Waals surface area contributed by atoms with Gasteiger partial charge in [-0.2, -0.15) is 0 Å². The number of hydrogen-bond donors (Lipinski definition) is 1. The Hall–Kier alpha value is -1.88. The second-order valence-electron chi connectivity index (χ2n) is 7.98. The van der Waals surface area contributed by atoms with Gasteiger partial charge in [-0.3, -0.25) is 4.90 Å². The molecule has 1 atom stereocenters. The largest absolute Gasteiger partial charge is 0.491 e. The van der Waals surface area contributed by atoms with Crippen molar-refractivity contribution in [2.24, 2.45) is 0 Å². The highest BCUT2D eigenvalue weighted by molar-refractivity contribution is 5.28. The van der Waals surface area contributed by atoms with Crippen molar-refractivity contribution in [1.82, 2.24) is 9.80 Å². The van der Waals surface area contributed by atoms with Gasteiger partial charge in [0.15, 0.2) is 0 Å². The van der Waals surface area contributed by atoms with Crippen LogP contribution in [0.3, 0.4) is 0 Å². The number of β-amino-alcohol motifs (C(OH)–C–C–N with tert-alkyl or cyclic N) is 1. The molecule has 3 rings (SSSR count). The summed E-state index contributed by atoms with van der Waals surface area (Å²) in [6.07, 6.45) is 4.67. The summed E-state index contributed by atoms with van der Waals surface area (Å²) in [6, 6.07) is 18.7. The molecule has 0 aromatic heterocycles. The van der Waals surface area contributed by atoms with Gasteiger partial charge in [-0.05, 0) is 56.2 Å². The van der Waals surface area contributed by atoms with Gasteiger partial charge < -0.3 is 14.7 Å². The third-order valence-electron chi connectivity index (χ3n) is 5.26. The maximum absolute atomic E-state index is 10.4. The molecule has 0 saturated carbocycles. The van der Waals surface area contributed by atoms with Gasteiger partial charge >= 0.3 is 0 Å². The number of nitrogens with zero attached hydrogens (tertiary/aromatic N) is 2. The number of hydrogen-bond acceptors (Lipinski definition) is 4. The lowest BCUT2D eigenvalue weighted by Crippen LogP contribution is -2.36. The van der Waals surface area contributed by atoms with Crippen molar-refractivity contribution in [3.8, 4) is 5.75 Å². The van der Waals surface area contributed by atoms with Crippen LogP contribution in [-0.2, 0) is 13.1 Å². The maximum atomic E-state index is 10.4. The van der Waals surface area contributed by atoms with Crippen molar-refractivity contribution in [1.29, 1.82) is 0 Å². The van der Waals surface area contributed by atoms with Crippen LogP contribution < -0.4 is 4.74 Å². The van der Waals surface area contributed by atoms with E-state index in [1.54, 1.807) is 0 Å². The molecule has 1 N–H and O–H groups in total. The van der Waals surface area contributed by atoms with Crippen LogP contribution in [0.25, 0.3) is 0 Å². The SMILES string of the molecule is CN(Cc1ccccc1)Cc1cccc(OC[C@@H](O)CN2CCCCCC2)c1. The molecule has 2 aromatic carbocycles. The quantitative estimate of drug-likeness (QED) is 0.713. The Labute approximate surface area is 169 Å². The lowest BCUT2D eigenvalue weighted by molar-refractivity contribution is 0.0693. The Morgan fingerprint density at radius 1 is 0.929 bits per heavy atom. The Kier molecular flexibility index (Phi) is 8.34. The van der Waals surface area contributed by atoms with E-state index in [1.807, 2.05) is 18.2 Å². The van der Waals surface area contributed by atoms with Crippen LogP contribution in [0.4, 0.5) is 0 Å². The van der Waals surface area contributed by atoms with Crippen LogP contribution in [-0.4, -0.2) is 54.3 Å². The van der Waals surface area contributed by atoms with Crippen molar-refractivity contribution in [2.45, 2.75) is 44.9 Å². The van der Waals surface area contributed by atoms with Crippen molar-refractivity contribution in [2.75, 3.05) is 33.3 Å². The minimum absolute atomic E-state index is 0.347. The molecular formula is C24H34N2O2. The highest BCUT2D eigenvalue weighted by atomic mass is 16.5. The second kappa shape index (κ2) is 11.2. The minimum Gasteiger partial charge on any atom is -0.491 e. The molecule has 4 heteroatoms. The number of aliphatic hydroxyl groups is 1. The Morgan fingerprint density at radius 3 is 2.36 bits per heavy atom. The van der Waals surface area contributed by atoms with Gasteiger partial charge in [0.2, 0.25) is 0 Å². The van der Waals surface area contributed by atoms with E-state index >= 15 is 0 Å². The van der Waals surface area contributed by atoms with E-state index in [4.69, 9.17) is 4.74 Å². The van der Waals surface area contributed by atoms with E-state index < -0.39 is 6.10 Å². The molecule has 1 aliphatic heterocycles. The van der Waals surface area contributed by atoms with Gasteiger partial charge in [0.05, 0.1) is 0 Å². The first-order valence-electron chi connectivity index (χ1n) is 10.5. The summed E-state index contributed by atoms with van der Waals surface area (Å²) in [6.45, 7) is 5.03. The van der Waals surface area contributed by atoms with Crippen LogP contribution in [0.2, 0.25) is 0 Å². The highest BCUT2D eigenvalue weighted by Gasteiger charge is 2.14. The summed E-state index contributed by atoms with van der Waals surface area (Å²) in [5.74, 6) is 0.834. The smallest absolute Gasteiger partial charge is 0.119 e. The van der Waals surface area contributed by atoms with E-state index in [0.29, 0.717) is 13.2 Å². The van der Waals surface area contributed by atoms with Crippen LogP contribution >= 0.6 is 0 Å². The highest BCUT2D eigenvalue weighted by Crippen LogP contribution is 2.16. The van der Waals surface area contributed by atoms with E-state index in [0.717, 1.165) is 31.9 Å². The van der Waals surface area contributed by atoms with Crippen LogP contribution in [0.5, 0.6) is 5.75 Å². The zero-order valence-corrected chi connectivity index (χ0v) is 17.1. The number of ether oxygens (including phenoxy) is 1. The predicted octanol–water partition coefficient (Wildman–Crippen LogP) is 3.93. The molecule has 1 saturated heterocycles. The van der Waals surface area contributed by atoms with E-state index in [2.05, 4.69) is 53.2 Å². The van der Waals surface area contributed by atoms with Gasteiger partial charge in [-0.15, -0.1) is 0 Å². The third-order valence-corrected chi connectivity index (χ3v) is 5.26. The molecule has 0 amide bonds. The van der Waals surface area contributed by atoms with Gasteiger partial charge in [-0.1, -0.05) is 55.3 Å². The molecule has 2 aromatic rings. The molecule has 4 nitrogen and oxygen atoms in total. The summed E-state index contributed by atoms with van der Waals surface area (Å²) in [7, 11) is 2.13. The molecule has 1 fully saturated rings.